The molecule has 0 aromatic rings. The third-order valence-electron chi connectivity index (χ3n) is 1.66. The van der Waals surface area contributed by atoms with E-state index in [1.165, 1.54) is 5.92 Å². The molecule has 0 spiro atoms. The second kappa shape index (κ2) is 15.3. The van der Waals surface area contributed by atoms with Gasteiger partial charge in [0.15, 0.2) is 0 Å². The van der Waals surface area contributed by atoms with Crippen LogP contribution in [0.1, 0.15) is 96.9 Å². The van der Waals surface area contributed by atoms with Crippen molar-refractivity contribution < 1.29 is 18.2 Å². The first kappa shape index (κ1) is 30.0. The number of hydrogen-bond donors (Lipinski definition) is 0. The van der Waals surface area contributed by atoms with Gasteiger partial charge < -0.3 is 16.6 Å². The maximum Gasteiger partial charge on any atom is -0.0819 e. The molecule has 0 fully saturated rings. The van der Waals surface area contributed by atoms with Crippen molar-refractivity contribution >= 4 is 0 Å². The standard InChI is InChI=1S/C8H18N2.2C4H9N.C4H9.Mo/c1-6(2)9-8(5)10-7(3)4;2*1-4(2,3)5;1-4(2)3;/h6-8H,1-5H3;2*1-3H3;1-3H3;/q-2;;;-1;. The molecule has 25 heavy (non-hydrogen) atoms. The van der Waals surface area contributed by atoms with E-state index in [0.717, 1.165) is 0 Å². The molecule has 0 saturated carbocycles. The van der Waals surface area contributed by atoms with Crippen molar-refractivity contribution in [3.8, 4) is 0 Å². The van der Waals surface area contributed by atoms with Crippen molar-refractivity contribution in [3.63, 3.8) is 0 Å². The summed E-state index contributed by atoms with van der Waals surface area (Å²) < 4.78 is 9.01. The summed E-state index contributed by atoms with van der Waals surface area (Å²) in [5.41, 5.74) is 0.216. The van der Waals surface area contributed by atoms with Gasteiger partial charge in [-0.05, 0) is 0 Å². The third kappa shape index (κ3) is 45.4. The van der Waals surface area contributed by atoms with E-state index in [-0.39, 0.29) is 17.2 Å². The molecular weight excluding hydrogens is 392 g/mol. The zero-order valence-corrected chi connectivity index (χ0v) is 21.4. The van der Waals surface area contributed by atoms with E-state index in [1.807, 2.05) is 6.92 Å². The predicted octanol–water partition coefficient (Wildman–Crippen LogP) is 7.55. The average molecular weight is 438 g/mol. The summed E-state index contributed by atoms with van der Waals surface area (Å²) in [6.45, 7) is 29.3. The van der Waals surface area contributed by atoms with Crippen LogP contribution >= 0.6 is 0 Å². The Morgan fingerprint density at radius 1 is 0.680 bits per heavy atom. The van der Waals surface area contributed by atoms with Crippen LogP contribution in [0.5, 0.6) is 0 Å². The molecule has 0 atom stereocenters. The van der Waals surface area contributed by atoms with Gasteiger partial charge in [0.25, 0.3) is 0 Å². The van der Waals surface area contributed by atoms with Gasteiger partial charge in [-0.2, -0.15) is 20.8 Å². The van der Waals surface area contributed by atoms with Crippen LogP contribution in [0.2, 0.25) is 0 Å². The first-order valence-corrected chi connectivity index (χ1v) is 11.0. The Kier molecular flexibility index (Phi) is 18.3. The molecule has 0 radical (unpaired) electrons. The van der Waals surface area contributed by atoms with Crippen LogP contribution in [0.25, 0.3) is 10.6 Å². The molecule has 0 amide bonds. The Balaban J connectivity index is -0.000000321. The third-order valence-corrected chi connectivity index (χ3v) is 4.75. The van der Waals surface area contributed by atoms with Crippen molar-refractivity contribution in [3.05, 3.63) is 16.6 Å². The minimum Gasteiger partial charge on any atom is -0.676 e. The molecular formula is C20H45MoN4-3. The van der Waals surface area contributed by atoms with Crippen LogP contribution in [-0.2, 0) is 18.2 Å². The van der Waals surface area contributed by atoms with Crippen LogP contribution in [0, 0.1) is 5.92 Å². The van der Waals surface area contributed by atoms with Crippen LogP contribution in [0.3, 0.4) is 0 Å². The van der Waals surface area contributed by atoms with Gasteiger partial charge in [-0.15, -0.1) is 19.0 Å². The van der Waals surface area contributed by atoms with Crippen LogP contribution in [0.4, 0.5) is 0 Å². The summed E-state index contributed by atoms with van der Waals surface area (Å²) in [5.74, 6) is 1.42. The summed E-state index contributed by atoms with van der Waals surface area (Å²) >= 11 is -0.473. The largest absolute Gasteiger partial charge is 0.676 e. The summed E-state index contributed by atoms with van der Waals surface area (Å²) in [7, 11) is 0. The fraction of sp³-hybridized carbons (Fsp3) is 0.950. The molecule has 0 heterocycles. The molecule has 0 unspecified atom stereocenters. The van der Waals surface area contributed by atoms with E-state index >= 15 is 0 Å². The quantitative estimate of drug-likeness (QED) is 0.322. The van der Waals surface area contributed by atoms with E-state index in [4.69, 9.17) is 0 Å². The topological polar surface area (TPSA) is 52.9 Å². The normalized spacial score (nSPS) is 11.8. The average Bonchev–Trinajstić information content (AvgIpc) is 2.21. The maximum absolute atomic E-state index is 4.51. The fourth-order valence-electron chi connectivity index (χ4n) is 1.17. The Bertz CT molecular complexity index is 326. The molecule has 0 bridgehead atoms. The molecule has 154 valence electrons. The van der Waals surface area contributed by atoms with E-state index in [2.05, 4.69) is 108 Å². The zero-order valence-electron chi connectivity index (χ0n) is 19.4. The van der Waals surface area contributed by atoms with Crippen LogP contribution in [0.15, 0.2) is 6.99 Å². The summed E-state index contributed by atoms with van der Waals surface area (Å²) in [6, 6.07) is 0.801. The smallest absolute Gasteiger partial charge is 0.0819 e. The van der Waals surface area contributed by atoms with E-state index in [9.17, 15) is 0 Å². The second-order valence-corrected chi connectivity index (χ2v) is 10.5. The van der Waals surface area contributed by atoms with Crippen LogP contribution < -0.4 is 0 Å². The van der Waals surface area contributed by atoms with E-state index in [1.54, 1.807) is 0 Å². The van der Waals surface area contributed by atoms with Gasteiger partial charge in [0.2, 0.25) is 0 Å². The van der Waals surface area contributed by atoms with Crippen LogP contribution in [-0.4, -0.2) is 29.3 Å². The zero-order chi connectivity index (χ0) is 20.8. The molecule has 0 aromatic carbocycles. The Morgan fingerprint density at radius 3 is 1.08 bits per heavy atom. The molecule has 0 aliphatic rings. The van der Waals surface area contributed by atoms with Crippen molar-refractivity contribution in [2.75, 3.05) is 0 Å². The van der Waals surface area contributed by atoms with Gasteiger partial charge in [0.1, 0.15) is 0 Å². The van der Waals surface area contributed by atoms with Crippen molar-refractivity contribution in [1.29, 1.82) is 0 Å². The molecule has 5 heteroatoms. The molecule has 0 aliphatic heterocycles. The van der Waals surface area contributed by atoms with Gasteiger partial charge in [-0.1, -0.05) is 27.7 Å². The number of rotatable bonds is 4. The number of hydrogen-bond acceptors (Lipinski definition) is 2. The van der Waals surface area contributed by atoms with E-state index in [0.29, 0.717) is 12.1 Å². The molecule has 0 rings (SSSR count). The first-order chi connectivity index (χ1) is 11.0. The second-order valence-electron chi connectivity index (χ2n) is 9.22. The van der Waals surface area contributed by atoms with Gasteiger partial charge >= 0.3 is 77.8 Å². The first-order valence-electron chi connectivity index (χ1n) is 9.23. The van der Waals surface area contributed by atoms with Crippen molar-refractivity contribution in [2.45, 2.75) is 126 Å². The van der Waals surface area contributed by atoms with Gasteiger partial charge in [0.05, 0.1) is 0 Å². The molecule has 0 N–H and O–H groups in total. The summed E-state index contributed by atoms with van der Waals surface area (Å²) in [6.07, 6.45) is 0.167. The molecule has 0 saturated heterocycles. The molecule has 4 nitrogen and oxygen atoms in total. The fourth-order valence-corrected chi connectivity index (χ4v) is 2.47. The monoisotopic (exact) mass is 439 g/mol. The maximum atomic E-state index is 4.51. The minimum atomic E-state index is -0.473. The Labute approximate surface area is 168 Å². The predicted molar refractivity (Wildman–Crippen MR) is 111 cm³/mol. The minimum absolute atomic E-state index is 0.108. The van der Waals surface area contributed by atoms with Crippen molar-refractivity contribution in [1.82, 2.24) is 0 Å². The number of nitrogens with zero attached hydrogens (tertiary/aromatic N) is 4. The SMILES string of the molecule is CC(C)(C)[N]=[Mo]=[N]C(C)(C)C.CC(C)[N-]C(C)[N-]C(C)C.C[C-](C)C. The van der Waals surface area contributed by atoms with Crippen molar-refractivity contribution in [2.24, 2.45) is 6.99 Å². The summed E-state index contributed by atoms with van der Waals surface area (Å²) in [4.78, 5) is 0. The Morgan fingerprint density at radius 2 is 0.920 bits per heavy atom. The molecule has 0 aromatic heterocycles. The Hall–Kier alpha value is 0.208. The summed E-state index contributed by atoms with van der Waals surface area (Å²) in [5, 5.41) is 8.70. The molecule has 0 aliphatic carbocycles. The van der Waals surface area contributed by atoms with Gasteiger partial charge in [-0.3, -0.25) is 0 Å². The van der Waals surface area contributed by atoms with Gasteiger partial charge in [-0.25, -0.2) is 6.17 Å². The van der Waals surface area contributed by atoms with E-state index < -0.39 is 18.2 Å². The van der Waals surface area contributed by atoms with Gasteiger partial charge in [0, 0.05) is 0 Å².